The smallest absolute Gasteiger partial charge is 0.129 e. The molecule has 1 N–H and O–H groups in total. The molecule has 0 atom stereocenters. The van der Waals surface area contributed by atoms with Crippen LogP contribution in [0.15, 0.2) is 25.0 Å². The van der Waals surface area contributed by atoms with Crippen molar-refractivity contribution in [3.05, 3.63) is 35.4 Å². The summed E-state index contributed by atoms with van der Waals surface area (Å²) in [5.41, 5.74) is 1.05. The van der Waals surface area contributed by atoms with Crippen LogP contribution in [0.2, 0.25) is 0 Å². The van der Waals surface area contributed by atoms with Crippen molar-refractivity contribution in [3.8, 4) is 0 Å². The Bertz CT molecular complexity index is 277. The maximum Gasteiger partial charge on any atom is 0.129 e. The van der Waals surface area contributed by atoms with Gasteiger partial charge in [0.1, 0.15) is 4.64 Å². The van der Waals surface area contributed by atoms with Crippen LogP contribution in [-0.2, 0) is 6.42 Å². The molecule has 0 aromatic carbocycles. The molecule has 0 aliphatic heterocycles. The van der Waals surface area contributed by atoms with Gasteiger partial charge >= 0.3 is 0 Å². The summed E-state index contributed by atoms with van der Waals surface area (Å²) in [5, 5.41) is 0. The molecule has 0 aliphatic carbocycles. The fraction of sp³-hybridized carbons (Fsp3) is 0.143. The van der Waals surface area contributed by atoms with Crippen molar-refractivity contribution in [1.82, 2.24) is 9.97 Å². The molecule has 1 rings (SSSR count). The average Bonchev–Trinajstić information content (AvgIpc) is 1.88. The normalized spacial score (nSPS) is 9.20. The van der Waals surface area contributed by atoms with Crippen LogP contribution in [0, 0.1) is 4.64 Å². The van der Waals surface area contributed by atoms with Crippen LogP contribution in [0.4, 0.5) is 0 Å². The topological polar surface area (TPSA) is 28.7 Å². The number of allylic oxidation sites excluding steroid dienone is 1. The van der Waals surface area contributed by atoms with Gasteiger partial charge in [0.05, 0.1) is 6.33 Å². The molecule has 0 unspecified atom stereocenters. The van der Waals surface area contributed by atoms with Crippen molar-refractivity contribution in [2.24, 2.45) is 0 Å². The largest absolute Gasteiger partial charge is 0.349 e. The van der Waals surface area contributed by atoms with Gasteiger partial charge in [0.25, 0.3) is 0 Å². The quantitative estimate of drug-likeness (QED) is 0.517. The number of aromatic amines is 1. The molecule has 0 amide bonds. The van der Waals surface area contributed by atoms with Gasteiger partial charge in [-0.05, 0) is 6.07 Å². The number of hydrogen-bond donors (Lipinski definition) is 1. The van der Waals surface area contributed by atoms with Crippen LogP contribution in [0.3, 0.4) is 0 Å². The Kier molecular flexibility index (Phi) is 2.34. The summed E-state index contributed by atoms with van der Waals surface area (Å²) in [4.78, 5) is 6.81. The molecular weight excluding hydrogens is 144 g/mol. The molecule has 52 valence electrons. The van der Waals surface area contributed by atoms with Gasteiger partial charge in [-0.25, -0.2) is 4.98 Å². The number of H-pyrrole nitrogens is 1. The van der Waals surface area contributed by atoms with E-state index >= 15 is 0 Å². The molecule has 1 aromatic rings. The minimum Gasteiger partial charge on any atom is -0.349 e. The predicted molar refractivity (Wildman–Crippen MR) is 43.3 cm³/mol. The van der Waals surface area contributed by atoms with Crippen LogP contribution in [0.1, 0.15) is 5.69 Å². The first-order valence-electron chi connectivity index (χ1n) is 2.97. The number of hydrogen-bond acceptors (Lipinski definition) is 2. The van der Waals surface area contributed by atoms with E-state index in [-0.39, 0.29) is 0 Å². The zero-order valence-electron chi connectivity index (χ0n) is 5.50. The Morgan fingerprint density at radius 3 is 3.20 bits per heavy atom. The number of rotatable bonds is 2. The van der Waals surface area contributed by atoms with Crippen molar-refractivity contribution < 1.29 is 0 Å². The second-order valence-corrected chi connectivity index (χ2v) is 2.32. The Morgan fingerprint density at radius 2 is 2.60 bits per heavy atom. The fourth-order valence-electron chi connectivity index (χ4n) is 0.680. The van der Waals surface area contributed by atoms with E-state index < -0.39 is 0 Å². The van der Waals surface area contributed by atoms with E-state index in [1.807, 2.05) is 12.1 Å². The lowest BCUT2D eigenvalue weighted by Gasteiger charge is -1.92. The summed E-state index contributed by atoms with van der Waals surface area (Å²) in [6.07, 6.45) is 4.23. The van der Waals surface area contributed by atoms with Gasteiger partial charge in [-0.15, -0.1) is 6.58 Å². The molecule has 0 radical (unpaired) electrons. The van der Waals surface area contributed by atoms with Crippen molar-refractivity contribution in [3.63, 3.8) is 0 Å². The minimum absolute atomic E-state index is 0.621. The molecule has 0 bridgehead atoms. The first-order chi connectivity index (χ1) is 4.83. The van der Waals surface area contributed by atoms with E-state index in [4.69, 9.17) is 12.2 Å². The van der Waals surface area contributed by atoms with Crippen LogP contribution in [0.5, 0.6) is 0 Å². The molecule has 2 nitrogen and oxygen atoms in total. The number of nitrogens with one attached hydrogen (secondary N) is 1. The molecule has 0 spiro atoms. The summed E-state index contributed by atoms with van der Waals surface area (Å²) in [6.45, 7) is 3.61. The zero-order chi connectivity index (χ0) is 7.40. The Labute approximate surface area is 64.6 Å². The molecular formula is C7H8N2S. The van der Waals surface area contributed by atoms with Gasteiger partial charge in [0, 0.05) is 12.1 Å². The van der Waals surface area contributed by atoms with E-state index in [9.17, 15) is 0 Å². The van der Waals surface area contributed by atoms with Crippen molar-refractivity contribution in [1.29, 1.82) is 0 Å². The lowest BCUT2D eigenvalue weighted by atomic mass is 10.3. The first kappa shape index (κ1) is 7.15. The second-order valence-electron chi connectivity index (χ2n) is 1.90. The third kappa shape index (κ3) is 1.77. The maximum atomic E-state index is 4.85. The van der Waals surface area contributed by atoms with Gasteiger partial charge < -0.3 is 4.98 Å². The molecule has 0 saturated heterocycles. The zero-order valence-corrected chi connectivity index (χ0v) is 6.32. The number of aromatic nitrogens is 2. The van der Waals surface area contributed by atoms with Crippen LogP contribution in [-0.4, -0.2) is 9.97 Å². The summed E-state index contributed by atoms with van der Waals surface area (Å²) < 4.78 is 0.621. The summed E-state index contributed by atoms with van der Waals surface area (Å²) in [7, 11) is 0. The third-order valence-corrected chi connectivity index (χ3v) is 1.33. The maximum absolute atomic E-state index is 4.85. The van der Waals surface area contributed by atoms with Crippen LogP contribution >= 0.6 is 12.2 Å². The van der Waals surface area contributed by atoms with Crippen LogP contribution < -0.4 is 0 Å². The first-order valence-corrected chi connectivity index (χ1v) is 3.38. The average molecular weight is 152 g/mol. The van der Waals surface area contributed by atoms with E-state index in [1.54, 1.807) is 6.33 Å². The molecule has 10 heavy (non-hydrogen) atoms. The van der Waals surface area contributed by atoms with Crippen molar-refractivity contribution >= 4 is 12.2 Å². The second kappa shape index (κ2) is 3.27. The van der Waals surface area contributed by atoms with Gasteiger partial charge in [-0.2, -0.15) is 0 Å². The van der Waals surface area contributed by atoms with Crippen molar-refractivity contribution in [2.45, 2.75) is 6.42 Å². The van der Waals surface area contributed by atoms with Crippen molar-refractivity contribution in [2.75, 3.05) is 0 Å². The summed E-state index contributed by atoms with van der Waals surface area (Å²) in [5.74, 6) is 0. The van der Waals surface area contributed by atoms with E-state index in [1.165, 1.54) is 0 Å². The van der Waals surface area contributed by atoms with Gasteiger partial charge in [0.2, 0.25) is 0 Å². The number of nitrogens with zero attached hydrogens (tertiary/aromatic N) is 1. The lowest BCUT2D eigenvalue weighted by Crippen LogP contribution is -1.87. The highest BCUT2D eigenvalue weighted by Crippen LogP contribution is 1.94. The van der Waals surface area contributed by atoms with E-state index in [2.05, 4.69) is 16.5 Å². The fourth-order valence-corrected chi connectivity index (χ4v) is 0.875. The van der Waals surface area contributed by atoms with Gasteiger partial charge in [-0.3, -0.25) is 0 Å². The molecule has 1 aromatic heterocycles. The summed E-state index contributed by atoms with van der Waals surface area (Å²) in [6, 6.07) is 1.83. The molecule has 1 heterocycles. The Morgan fingerprint density at radius 1 is 1.80 bits per heavy atom. The molecule has 0 aliphatic rings. The molecule has 0 fully saturated rings. The molecule has 0 saturated carbocycles. The minimum atomic E-state index is 0.621. The standard InChI is InChI=1S/C7H8N2S/c1-2-3-6-4-7(10)9-5-8-6/h2,4-5H,1,3H2,(H,8,9,10). The highest BCUT2D eigenvalue weighted by atomic mass is 32.1. The predicted octanol–water partition coefficient (Wildman–Crippen LogP) is 1.87. The highest BCUT2D eigenvalue weighted by Gasteiger charge is 1.86. The monoisotopic (exact) mass is 152 g/mol. The summed E-state index contributed by atoms with van der Waals surface area (Å²) >= 11 is 4.85. The van der Waals surface area contributed by atoms with Crippen LogP contribution in [0.25, 0.3) is 0 Å². The molecule has 3 heteroatoms. The third-order valence-electron chi connectivity index (χ3n) is 1.10. The van der Waals surface area contributed by atoms with E-state index in [0.29, 0.717) is 4.64 Å². The Balaban J connectivity index is 2.95. The van der Waals surface area contributed by atoms with Gasteiger partial charge in [0.15, 0.2) is 0 Å². The lowest BCUT2D eigenvalue weighted by molar-refractivity contribution is 1.04. The van der Waals surface area contributed by atoms with Gasteiger partial charge in [-0.1, -0.05) is 18.3 Å². The highest BCUT2D eigenvalue weighted by molar-refractivity contribution is 7.71. The Hall–Kier alpha value is -0.960. The van der Waals surface area contributed by atoms with E-state index in [0.717, 1.165) is 12.1 Å². The SMILES string of the molecule is C=CCc1cc(=S)nc[nH]1.